The van der Waals surface area contributed by atoms with E-state index in [1.165, 1.54) is 12.1 Å². The summed E-state index contributed by atoms with van der Waals surface area (Å²) in [4.78, 5) is 19.9. The van der Waals surface area contributed by atoms with Crippen molar-refractivity contribution in [3.63, 3.8) is 0 Å². The number of pyridine rings is 1. The molecule has 0 saturated heterocycles. The van der Waals surface area contributed by atoms with Gasteiger partial charge in [0, 0.05) is 16.8 Å². The van der Waals surface area contributed by atoms with Gasteiger partial charge in [-0.3, -0.25) is 0 Å². The summed E-state index contributed by atoms with van der Waals surface area (Å²) in [7, 11) is 0. The van der Waals surface area contributed by atoms with Gasteiger partial charge in [-0.25, -0.2) is 19.2 Å². The normalized spacial score (nSPS) is 11.7. The van der Waals surface area contributed by atoms with Crippen molar-refractivity contribution in [1.29, 1.82) is 0 Å². The van der Waals surface area contributed by atoms with Gasteiger partial charge in [-0.05, 0) is 30.2 Å². The Bertz CT molecular complexity index is 1120. The number of nitrogens with zero attached hydrogens (tertiary/aromatic N) is 2. The molecule has 0 spiro atoms. The SMILES string of the molecule is CC(C)c1nc(Nc2ncc(C(F)(F)F)cc2C(=O)O)sc1-c1ccc(Cl)cc1F. The highest BCUT2D eigenvalue weighted by Gasteiger charge is 2.33. The number of carbonyl (C=O) groups is 1. The summed E-state index contributed by atoms with van der Waals surface area (Å²) in [5.41, 5.74) is -1.05. The van der Waals surface area contributed by atoms with E-state index in [9.17, 15) is 27.5 Å². The summed E-state index contributed by atoms with van der Waals surface area (Å²) in [6.07, 6.45) is -4.20. The first kappa shape index (κ1) is 22.0. The van der Waals surface area contributed by atoms with Crippen LogP contribution in [0.25, 0.3) is 10.4 Å². The number of hydrogen-bond donors (Lipinski definition) is 2. The lowest BCUT2D eigenvalue weighted by Gasteiger charge is -2.10. The van der Waals surface area contributed by atoms with Gasteiger partial charge in [-0.15, -0.1) is 0 Å². The van der Waals surface area contributed by atoms with Gasteiger partial charge in [0.2, 0.25) is 0 Å². The maximum atomic E-state index is 14.4. The first-order valence-corrected chi connectivity index (χ1v) is 9.70. The maximum absolute atomic E-state index is 14.4. The molecule has 0 saturated carbocycles. The van der Waals surface area contributed by atoms with Gasteiger partial charge in [0.15, 0.2) is 5.13 Å². The molecule has 0 fully saturated rings. The molecular weight excluding hydrogens is 446 g/mol. The summed E-state index contributed by atoms with van der Waals surface area (Å²) >= 11 is 6.83. The van der Waals surface area contributed by atoms with Crippen molar-refractivity contribution in [3.05, 3.63) is 58.1 Å². The second-order valence-electron chi connectivity index (χ2n) is 6.56. The van der Waals surface area contributed by atoms with Crippen molar-refractivity contribution in [2.24, 2.45) is 0 Å². The van der Waals surface area contributed by atoms with E-state index >= 15 is 0 Å². The van der Waals surface area contributed by atoms with Crippen molar-refractivity contribution < 1.29 is 27.5 Å². The van der Waals surface area contributed by atoms with Crippen LogP contribution in [0.3, 0.4) is 0 Å². The summed E-state index contributed by atoms with van der Waals surface area (Å²) in [6, 6.07) is 4.68. The largest absolute Gasteiger partial charge is 0.478 e. The molecule has 1 aromatic carbocycles. The van der Waals surface area contributed by atoms with Crippen LogP contribution in [0, 0.1) is 5.82 Å². The number of rotatable bonds is 5. The number of anilines is 2. The molecule has 5 nitrogen and oxygen atoms in total. The molecule has 0 amide bonds. The lowest BCUT2D eigenvalue weighted by molar-refractivity contribution is -0.137. The average Bonchev–Trinajstić information content (AvgIpc) is 3.04. The quantitative estimate of drug-likeness (QED) is 0.421. The Labute approximate surface area is 177 Å². The number of benzene rings is 1. The van der Waals surface area contributed by atoms with Gasteiger partial charge in [-0.2, -0.15) is 13.2 Å². The molecule has 0 aliphatic carbocycles. The molecule has 0 atom stereocenters. The number of alkyl halides is 3. The predicted octanol–water partition coefficient (Wildman–Crippen LogP) is 6.58. The Morgan fingerprint density at radius 1 is 1.27 bits per heavy atom. The van der Waals surface area contributed by atoms with Gasteiger partial charge in [0.05, 0.1) is 16.1 Å². The zero-order valence-corrected chi connectivity index (χ0v) is 17.1. The number of carboxylic acid groups (broad SMARTS) is 1. The Balaban J connectivity index is 2.05. The molecule has 0 unspecified atom stereocenters. The Kier molecular flexibility index (Phi) is 6.00. The lowest BCUT2D eigenvalue weighted by atomic mass is 10.0. The third kappa shape index (κ3) is 4.54. The minimum Gasteiger partial charge on any atom is -0.478 e. The number of hydrogen-bond acceptors (Lipinski definition) is 5. The summed E-state index contributed by atoms with van der Waals surface area (Å²) in [6.45, 7) is 3.68. The highest BCUT2D eigenvalue weighted by molar-refractivity contribution is 7.19. The second kappa shape index (κ2) is 8.19. The van der Waals surface area contributed by atoms with Crippen LogP contribution in [0.15, 0.2) is 30.5 Å². The molecule has 0 bridgehead atoms. The minimum atomic E-state index is -4.74. The third-order valence-corrected chi connectivity index (χ3v) is 5.30. The highest BCUT2D eigenvalue weighted by atomic mass is 35.5. The van der Waals surface area contributed by atoms with Crippen molar-refractivity contribution >= 4 is 39.9 Å². The Hall–Kier alpha value is -2.72. The van der Waals surface area contributed by atoms with Crippen LogP contribution in [-0.4, -0.2) is 21.0 Å². The van der Waals surface area contributed by atoms with Crippen molar-refractivity contribution in [3.8, 4) is 10.4 Å². The van der Waals surface area contributed by atoms with E-state index in [0.717, 1.165) is 17.4 Å². The highest BCUT2D eigenvalue weighted by Crippen LogP contribution is 2.40. The summed E-state index contributed by atoms with van der Waals surface area (Å²) in [5.74, 6) is -2.55. The molecule has 0 radical (unpaired) electrons. The molecule has 2 aromatic heterocycles. The molecule has 0 aliphatic rings. The summed E-state index contributed by atoms with van der Waals surface area (Å²) < 4.78 is 53.1. The lowest BCUT2D eigenvalue weighted by Crippen LogP contribution is -2.11. The van der Waals surface area contributed by atoms with Crippen LogP contribution in [-0.2, 0) is 6.18 Å². The molecule has 3 aromatic rings. The van der Waals surface area contributed by atoms with Crippen LogP contribution in [0.4, 0.5) is 28.5 Å². The fourth-order valence-electron chi connectivity index (χ4n) is 2.63. The number of aromatic carboxylic acids is 1. The van der Waals surface area contributed by atoms with E-state index < -0.39 is 29.1 Å². The van der Waals surface area contributed by atoms with Gasteiger partial charge >= 0.3 is 12.1 Å². The molecule has 11 heteroatoms. The fourth-order valence-corrected chi connectivity index (χ4v) is 3.93. The van der Waals surface area contributed by atoms with Crippen molar-refractivity contribution in [2.45, 2.75) is 25.9 Å². The number of halogens is 5. The number of carboxylic acids is 1. The van der Waals surface area contributed by atoms with E-state index in [2.05, 4.69) is 15.3 Å². The smallest absolute Gasteiger partial charge is 0.417 e. The van der Waals surface area contributed by atoms with Crippen molar-refractivity contribution in [1.82, 2.24) is 9.97 Å². The monoisotopic (exact) mass is 459 g/mol. The number of thiazole rings is 1. The first-order chi connectivity index (χ1) is 14.0. The predicted molar refractivity (Wildman–Crippen MR) is 106 cm³/mol. The molecule has 3 rings (SSSR count). The number of nitrogens with one attached hydrogen (secondary N) is 1. The zero-order valence-electron chi connectivity index (χ0n) is 15.5. The molecule has 2 heterocycles. The molecule has 30 heavy (non-hydrogen) atoms. The van der Waals surface area contributed by atoms with Gasteiger partial charge < -0.3 is 10.4 Å². The van der Waals surface area contributed by atoms with E-state index in [1.807, 2.05) is 13.8 Å². The van der Waals surface area contributed by atoms with Gasteiger partial charge in [0.25, 0.3) is 0 Å². The van der Waals surface area contributed by atoms with E-state index in [1.54, 1.807) is 0 Å². The maximum Gasteiger partial charge on any atom is 0.417 e. The second-order valence-corrected chi connectivity index (χ2v) is 8.00. The van der Waals surface area contributed by atoms with E-state index in [4.69, 9.17) is 11.6 Å². The molecule has 2 N–H and O–H groups in total. The van der Waals surface area contributed by atoms with Crippen molar-refractivity contribution in [2.75, 3.05) is 5.32 Å². The fraction of sp³-hybridized carbons (Fsp3) is 0.211. The van der Waals surface area contributed by atoms with Gasteiger partial charge in [0.1, 0.15) is 17.2 Å². The van der Waals surface area contributed by atoms with E-state index in [-0.39, 0.29) is 27.5 Å². The van der Waals surface area contributed by atoms with Crippen LogP contribution in [0.5, 0.6) is 0 Å². The molecular formula is C19H14ClF4N3O2S. The minimum absolute atomic E-state index is 0.110. The topological polar surface area (TPSA) is 75.1 Å². The molecule has 158 valence electrons. The average molecular weight is 460 g/mol. The Morgan fingerprint density at radius 3 is 2.53 bits per heavy atom. The third-order valence-electron chi connectivity index (χ3n) is 4.05. The zero-order chi connectivity index (χ0) is 22.2. The number of aromatic nitrogens is 2. The van der Waals surface area contributed by atoms with Crippen LogP contribution in [0.2, 0.25) is 5.02 Å². The van der Waals surface area contributed by atoms with E-state index in [0.29, 0.717) is 22.8 Å². The Morgan fingerprint density at radius 2 is 1.97 bits per heavy atom. The van der Waals surface area contributed by atoms with Crippen LogP contribution < -0.4 is 5.32 Å². The summed E-state index contributed by atoms with van der Waals surface area (Å²) in [5, 5.41) is 12.3. The molecule has 0 aliphatic heterocycles. The first-order valence-electron chi connectivity index (χ1n) is 8.51. The van der Waals surface area contributed by atoms with Crippen LogP contribution in [0.1, 0.15) is 41.4 Å². The standard InChI is InChI=1S/C19H14ClF4N3O2S/c1-8(2)14-15(11-4-3-10(20)6-13(11)21)30-18(26-14)27-16-12(17(28)29)5-9(7-25-16)19(22,23)24/h3-8H,1-2H3,(H,28,29)(H,25,26,27). The van der Waals surface area contributed by atoms with Crippen LogP contribution >= 0.6 is 22.9 Å². The van der Waals surface area contributed by atoms with Gasteiger partial charge in [-0.1, -0.05) is 36.8 Å².